The number of hydrogen-bond acceptors (Lipinski definition) is 6. The van der Waals surface area contributed by atoms with E-state index in [0.29, 0.717) is 12.3 Å². The molecule has 162 valence electrons. The maximum atomic E-state index is 13.0. The van der Waals surface area contributed by atoms with Gasteiger partial charge in [-0.1, -0.05) is 30.3 Å². The fourth-order valence-electron chi connectivity index (χ4n) is 4.04. The lowest BCUT2D eigenvalue weighted by molar-refractivity contribution is -0.129. The first kappa shape index (κ1) is 21.1. The number of rotatable bonds is 8. The van der Waals surface area contributed by atoms with Crippen molar-refractivity contribution in [3.8, 4) is 0 Å². The average molecular weight is 422 g/mol. The Balaban J connectivity index is 1.54. The highest BCUT2D eigenvalue weighted by Gasteiger charge is 2.42. The standard InChI is InChI=1S/C24H26N2O5/c27-20(10-9-19-8-4-15-31-19)21-22(18-6-2-1-3-7-18)26(24(29)23(21)28)12-5-11-25-13-16-30-17-14-25/h1-4,6-10,15,22,28H,5,11-14,16-17H2/b10-9+/t22-/m1/s1. The van der Waals surface area contributed by atoms with Crippen molar-refractivity contribution in [2.45, 2.75) is 12.5 Å². The van der Waals surface area contributed by atoms with Crippen LogP contribution in [0.15, 0.2) is 70.6 Å². The lowest BCUT2D eigenvalue weighted by Gasteiger charge is -2.29. The fraction of sp³-hybridized carbons (Fsp3) is 0.333. The lowest BCUT2D eigenvalue weighted by atomic mass is 9.95. The molecule has 2 aliphatic heterocycles. The van der Waals surface area contributed by atoms with E-state index in [0.717, 1.165) is 44.8 Å². The molecule has 1 N–H and O–H groups in total. The molecule has 0 saturated carbocycles. The fourth-order valence-corrected chi connectivity index (χ4v) is 4.04. The molecule has 0 bridgehead atoms. The van der Waals surface area contributed by atoms with Crippen LogP contribution in [0, 0.1) is 0 Å². The molecule has 1 aromatic carbocycles. The molecule has 0 radical (unpaired) electrons. The van der Waals surface area contributed by atoms with E-state index in [1.54, 1.807) is 17.0 Å². The largest absolute Gasteiger partial charge is 0.503 e. The van der Waals surface area contributed by atoms with E-state index in [1.807, 2.05) is 30.3 Å². The minimum atomic E-state index is -0.618. The van der Waals surface area contributed by atoms with Gasteiger partial charge in [-0.05, 0) is 36.3 Å². The first-order chi connectivity index (χ1) is 15.1. The molecule has 2 aromatic rings. The molecule has 1 amide bonds. The summed E-state index contributed by atoms with van der Waals surface area (Å²) < 4.78 is 10.6. The molecule has 2 aliphatic rings. The van der Waals surface area contributed by atoms with Gasteiger partial charge in [0, 0.05) is 26.2 Å². The molecule has 3 heterocycles. The summed E-state index contributed by atoms with van der Waals surface area (Å²) >= 11 is 0. The van der Waals surface area contributed by atoms with Crippen molar-refractivity contribution in [3.05, 3.63) is 77.5 Å². The lowest BCUT2D eigenvalue weighted by Crippen LogP contribution is -2.39. The van der Waals surface area contributed by atoms with E-state index in [2.05, 4.69) is 4.90 Å². The number of morpholine rings is 1. The van der Waals surface area contributed by atoms with Crippen LogP contribution in [0.25, 0.3) is 6.08 Å². The Morgan fingerprint density at radius 3 is 2.58 bits per heavy atom. The first-order valence-electron chi connectivity index (χ1n) is 10.5. The quantitative estimate of drug-likeness (QED) is 0.659. The Bertz CT molecular complexity index is 959. The molecule has 0 unspecified atom stereocenters. The molecule has 1 saturated heterocycles. The summed E-state index contributed by atoms with van der Waals surface area (Å²) in [6.45, 7) is 4.47. The van der Waals surface area contributed by atoms with E-state index < -0.39 is 23.5 Å². The molecule has 7 nitrogen and oxygen atoms in total. The van der Waals surface area contributed by atoms with Gasteiger partial charge in [0.05, 0.1) is 31.1 Å². The third-order valence-corrected chi connectivity index (χ3v) is 5.60. The molecular weight excluding hydrogens is 396 g/mol. The van der Waals surface area contributed by atoms with E-state index in [1.165, 1.54) is 18.4 Å². The number of ether oxygens (including phenoxy) is 1. The van der Waals surface area contributed by atoms with Gasteiger partial charge in [-0.15, -0.1) is 0 Å². The second-order valence-corrected chi connectivity index (χ2v) is 7.59. The van der Waals surface area contributed by atoms with Crippen LogP contribution in [0.4, 0.5) is 0 Å². The van der Waals surface area contributed by atoms with Crippen LogP contribution in [-0.4, -0.2) is 66.0 Å². The van der Waals surface area contributed by atoms with Crippen molar-refractivity contribution in [1.82, 2.24) is 9.80 Å². The van der Waals surface area contributed by atoms with Gasteiger partial charge in [-0.3, -0.25) is 14.5 Å². The molecule has 1 atom stereocenters. The van der Waals surface area contributed by atoms with Gasteiger partial charge in [0.2, 0.25) is 0 Å². The number of carbonyl (C=O) groups is 2. The Labute approximate surface area is 181 Å². The molecular formula is C24H26N2O5. The van der Waals surface area contributed by atoms with Crippen LogP contribution >= 0.6 is 0 Å². The number of aliphatic hydroxyl groups is 1. The normalized spacial score (nSPS) is 20.2. The highest BCUT2D eigenvalue weighted by Crippen LogP contribution is 2.38. The number of allylic oxidation sites excluding steroid dienone is 1. The summed E-state index contributed by atoms with van der Waals surface area (Å²) in [6, 6.07) is 12.2. The SMILES string of the molecule is O=C(/C=C/c1ccco1)C1=C(O)C(=O)N(CCCN2CCOCC2)[C@@H]1c1ccccc1. The third kappa shape index (κ3) is 4.78. The van der Waals surface area contributed by atoms with Crippen LogP contribution in [0.3, 0.4) is 0 Å². The molecule has 1 fully saturated rings. The zero-order valence-electron chi connectivity index (χ0n) is 17.3. The van der Waals surface area contributed by atoms with Gasteiger partial charge in [-0.2, -0.15) is 0 Å². The highest BCUT2D eigenvalue weighted by molar-refractivity contribution is 6.14. The topological polar surface area (TPSA) is 83.2 Å². The van der Waals surface area contributed by atoms with E-state index in [4.69, 9.17) is 9.15 Å². The number of furan rings is 1. The summed E-state index contributed by atoms with van der Waals surface area (Å²) in [4.78, 5) is 29.8. The summed E-state index contributed by atoms with van der Waals surface area (Å²) in [7, 11) is 0. The third-order valence-electron chi connectivity index (χ3n) is 5.60. The van der Waals surface area contributed by atoms with Gasteiger partial charge in [0.25, 0.3) is 5.91 Å². The Morgan fingerprint density at radius 1 is 1.10 bits per heavy atom. The summed E-state index contributed by atoms with van der Waals surface area (Å²) in [5.41, 5.74) is 0.895. The van der Waals surface area contributed by atoms with Gasteiger partial charge >= 0.3 is 0 Å². The molecule has 7 heteroatoms. The van der Waals surface area contributed by atoms with Gasteiger partial charge in [0.1, 0.15) is 5.76 Å². The summed E-state index contributed by atoms with van der Waals surface area (Å²) in [5, 5.41) is 10.6. The molecule has 4 rings (SSSR count). The number of benzene rings is 1. The Morgan fingerprint density at radius 2 is 1.87 bits per heavy atom. The van der Waals surface area contributed by atoms with Crippen molar-refractivity contribution in [1.29, 1.82) is 0 Å². The predicted molar refractivity (Wildman–Crippen MR) is 115 cm³/mol. The van der Waals surface area contributed by atoms with Crippen molar-refractivity contribution in [2.75, 3.05) is 39.4 Å². The van der Waals surface area contributed by atoms with Gasteiger partial charge in [0.15, 0.2) is 11.5 Å². The minimum absolute atomic E-state index is 0.102. The van der Waals surface area contributed by atoms with Gasteiger partial charge < -0.3 is 19.2 Å². The van der Waals surface area contributed by atoms with Gasteiger partial charge in [-0.25, -0.2) is 0 Å². The van der Waals surface area contributed by atoms with Crippen molar-refractivity contribution in [2.24, 2.45) is 0 Å². The monoisotopic (exact) mass is 422 g/mol. The minimum Gasteiger partial charge on any atom is -0.503 e. The zero-order chi connectivity index (χ0) is 21.6. The highest BCUT2D eigenvalue weighted by atomic mass is 16.5. The van der Waals surface area contributed by atoms with E-state index >= 15 is 0 Å². The molecule has 1 aromatic heterocycles. The smallest absolute Gasteiger partial charge is 0.290 e. The number of amides is 1. The number of nitrogens with zero attached hydrogens (tertiary/aromatic N) is 2. The Hall–Kier alpha value is -3.16. The molecule has 0 aliphatic carbocycles. The summed E-state index contributed by atoms with van der Waals surface area (Å²) in [6.07, 6.45) is 5.14. The predicted octanol–water partition coefficient (Wildman–Crippen LogP) is 2.98. The molecule has 31 heavy (non-hydrogen) atoms. The average Bonchev–Trinajstić information content (AvgIpc) is 3.41. The number of aliphatic hydroxyl groups excluding tert-OH is 1. The summed E-state index contributed by atoms with van der Waals surface area (Å²) in [5.74, 6) is -0.872. The van der Waals surface area contributed by atoms with Crippen molar-refractivity contribution in [3.63, 3.8) is 0 Å². The van der Waals surface area contributed by atoms with E-state index in [-0.39, 0.29) is 5.57 Å². The zero-order valence-corrected chi connectivity index (χ0v) is 17.3. The van der Waals surface area contributed by atoms with Crippen LogP contribution in [0.5, 0.6) is 0 Å². The van der Waals surface area contributed by atoms with Crippen LogP contribution in [0.2, 0.25) is 0 Å². The van der Waals surface area contributed by atoms with Crippen molar-refractivity contribution >= 4 is 17.8 Å². The number of hydrogen-bond donors (Lipinski definition) is 1. The van der Waals surface area contributed by atoms with Crippen LogP contribution in [-0.2, 0) is 14.3 Å². The first-order valence-corrected chi connectivity index (χ1v) is 10.5. The number of carbonyl (C=O) groups excluding carboxylic acids is 2. The second kappa shape index (κ2) is 9.76. The van der Waals surface area contributed by atoms with Crippen molar-refractivity contribution < 1.29 is 23.8 Å². The maximum Gasteiger partial charge on any atom is 0.290 e. The maximum absolute atomic E-state index is 13.0. The Kier molecular flexibility index (Phi) is 6.64. The van der Waals surface area contributed by atoms with Crippen LogP contribution in [0.1, 0.15) is 23.8 Å². The van der Waals surface area contributed by atoms with E-state index in [9.17, 15) is 14.7 Å². The second-order valence-electron chi connectivity index (χ2n) is 7.59. The number of ketones is 1. The molecule has 0 spiro atoms. The van der Waals surface area contributed by atoms with Crippen LogP contribution < -0.4 is 0 Å².